The Hall–Kier alpha value is -3.60. The van der Waals surface area contributed by atoms with E-state index in [4.69, 9.17) is 4.74 Å². The third-order valence-electron chi connectivity index (χ3n) is 4.73. The van der Waals surface area contributed by atoms with Crippen molar-refractivity contribution < 1.29 is 14.3 Å². The summed E-state index contributed by atoms with van der Waals surface area (Å²) in [5.74, 6) is 0.409. The fourth-order valence-electron chi connectivity index (χ4n) is 3.08. The Morgan fingerprint density at radius 2 is 1.55 bits per heavy atom. The Labute approximate surface area is 183 Å². The van der Waals surface area contributed by atoms with Gasteiger partial charge >= 0.3 is 0 Å². The van der Waals surface area contributed by atoms with Crippen LogP contribution in [0.25, 0.3) is 0 Å². The minimum atomic E-state index is -0.283. The number of carbonyl (C=O) groups excluding carboxylic acids is 2. The zero-order valence-corrected chi connectivity index (χ0v) is 18.1. The molecule has 3 aromatic rings. The summed E-state index contributed by atoms with van der Waals surface area (Å²) in [6.45, 7) is 6.57. The molecule has 1 atom stereocenters. The molecule has 5 heteroatoms. The molecule has 1 unspecified atom stereocenters. The van der Waals surface area contributed by atoms with Gasteiger partial charge in [-0.2, -0.15) is 0 Å². The van der Waals surface area contributed by atoms with Crippen LogP contribution in [-0.4, -0.2) is 18.4 Å². The Bertz CT molecular complexity index is 1030. The fourth-order valence-corrected chi connectivity index (χ4v) is 3.08. The van der Waals surface area contributed by atoms with Gasteiger partial charge in [-0.3, -0.25) is 9.59 Å². The lowest BCUT2D eigenvalue weighted by Crippen LogP contribution is -2.26. The van der Waals surface area contributed by atoms with E-state index in [0.717, 1.165) is 5.56 Å². The lowest BCUT2D eigenvalue weighted by Gasteiger charge is -2.15. The van der Waals surface area contributed by atoms with Crippen LogP contribution in [0.1, 0.15) is 53.1 Å². The van der Waals surface area contributed by atoms with E-state index >= 15 is 0 Å². The quantitative estimate of drug-likeness (QED) is 0.512. The normalized spacial score (nSPS) is 11.6. The summed E-state index contributed by atoms with van der Waals surface area (Å²) < 4.78 is 5.78. The maximum Gasteiger partial charge on any atom is 0.259 e. The van der Waals surface area contributed by atoms with Crippen LogP contribution in [0.4, 0.5) is 5.69 Å². The summed E-state index contributed by atoms with van der Waals surface area (Å²) in [7, 11) is 0. The second kappa shape index (κ2) is 10.4. The van der Waals surface area contributed by atoms with Crippen molar-refractivity contribution >= 4 is 17.5 Å². The van der Waals surface area contributed by atoms with Crippen LogP contribution in [0.3, 0.4) is 0 Å². The average molecular weight is 417 g/mol. The number of ether oxygens (including phenoxy) is 1. The van der Waals surface area contributed by atoms with Gasteiger partial charge in [0.15, 0.2) is 0 Å². The Kier molecular flexibility index (Phi) is 7.44. The number of carbonyl (C=O) groups is 2. The average Bonchev–Trinajstić information content (AvgIpc) is 2.78. The second-order valence-electron chi connectivity index (χ2n) is 7.84. The van der Waals surface area contributed by atoms with Gasteiger partial charge in [-0.05, 0) is 48.7 Å². The number of nitrogens with one attached hydrogen (secondary N) is 2. The number of benzene rings is 3. The van der Waals surface area contributed by atoms with Crippen molar-refractivity contribution in [2.75, 3.05) is 11.9 Å². The van der Waals surface area contributed by atoms with E-state index < -0.39 is 0 Å². The number of hydrogen-bond donors (Lipinski definition) is 2. The van der Waals surface area contributed by atoms with E-state index in [2.05, 4.69) is 24.5 Å². The molecule has 0 heterocycles. The van der Waals surface area contributed by atoms with Crippen molar-refractivity contribution in [1.82, 2.24) is 5.32 Å². The van der Waals surface area contributed by atoms with Crippen molar-refractivity contribution in [3.05, 3.63) is 95.6 Å². The Morgan fingerprint density at radius 1 is 0.839 bits per heavy atom. The standard InChI is InChI=1S/C26H28N2O3/c1-18(2)17-31-24-15-8-7-14-23(24)26(30)28-22-13-9-12-21(16-22)25(29)27-19(3)20-10-5-4-6-11-20/h4-16,18-19H,17H2,1-3H3,(H,27,29)(H,28,30). The van der Waals surface area contributed by atoms with Crippen LogP contribution in [0.2, 0.25) is 0 Å². The maximum atomic E-state index is 12.8. The zero-order valence-electron chi connectivity index (χ0n) is 18.1. The van der Waals surface area contributed by atoms with Crippen LogP contribution in [0.5, 0.6) is 5.75 Å². The number of anilines is 1. The van der Waals surface area contributed by atoms with Crippen LogP contribution in [0, 0.1) is 5.92 Å². The summed E-state index contributed by atoms with van der Waals surface area (Å²) in [4.78, 5) is 25.5. The summed E-state index contributed by atoms with van der Waals surface area (Å²) in [5, 5.41) is 5.86. The molecule has 0 fully saturated rings. The van der Waals surface area contributed by atoms with E-state index in [0.29, 0.717) is 35.1 Å². The van der Waals surface area contributed by atoms with Gasteiger partial charge < -0.3 is 15.4 Å². The molecule has 5 nitrogen and oxygen atoms in total. The molecular formula is C26H28N2O3. The Morgan fingerprint density at radius 3 is 2.29 bits per heavy atom. The van der Waals surface area contributed by atoms with Crippen molar-refractivity contribution in [1.29, 1.82) is 0 Å². The lowest BCUT2D eigenvalue weighted by molar-refractivity contribution is 0.0938. The van der Waals surface area contributed by atoms with Crippen molar-refractivity contribution in [2.45, 2.75) is 26.8 Å². The molecular weight excluding hydrogens is 388 g/mol. The van der Waals surface area contributed by atoms with Crippen LogP contribution in [0.15, 0.2) is 78.9 Å². The minimum absolute atomic E-state index is 0.128. The van der Waals surface area contributed by atoms with Gasteiger partial charge in [0, 0.05) is 11.3 Å². The van der Waals surface area contributed by atoms with Crippen LogP contribution >= 0.6 is 0 Å². The predicted molar refractivity (Wildman–Crippen MR) is 123 cm³/mol. The SMILES string of the molecule is CC(C)COc1ccccc1C(=O)Nc1cccc(C(=O)NC(C)c2ccccc2)c1. The fraction of sp³-hybridized carbons (Fsp3) is 0.231. The molecule has 3 aromatic carbocycles. The molecule has 0 aromatic heterocycles. The van der Waals surface area contributed by atoms with Crippen molar-refractivity contribution in [3.63, 3.8) is 0 Å². The first kappa shape index (κ1) is 22.1. The van der Waals surface area contributed by atoms with Gasteiger partial charge in [0.25, 0.3) is 11.8 Å². The molecule has 0 aliphatic rings. The zero-order chi connectivity index (χ0) is 22.2. The van der Waals surface area contributed by atoms with E-state index in [-0.39, 0.29) is 17.9 Å². The molecule has 2 amide bonds. The van der Waals surface area contributed by atoms with Gasteiger partial charge in [-0.25, -0.2) is 0 Å². The van der Waals surface area contributed by atoms with Gasteiger partial charge in [-0.1, -0.05) is 62.4 Å². The van der Waals surface area contributed by atoms with E-state index in [9.17, 15) is 9.59 Å². The molecule has 0 saturated carbocycles. The molecule has 0 radical (unpaired) electrons. The van der Waals surface area contributed by atoms with Gasteiger partial charge in [0.05, 0.1) is 18.2 Å². The molecule has 3 rings (SSSR count). The molecule has 0 bridgehead atoms. The van der Waals surface area contributed by atoms with Crippen molar-refractivity contribution in [3.8, 4) is 5.75 Å². The van der Waals surface area contributed by atoms with Gasteiger partial charge in [-0.15, -0.1) is 0 Å². The predicted octanol–water partition coefficient (Wildman–Crippen LogP) is 5.46. The third kappa shape index (κ3) is 6.19. The number of amides is 2. The first-order valence-corrected chi connectivity index (χ1v) is 10.4. The highest BCUT2D eigenvalue weighted by Crippen LogP contribution is 2.21. The summed E-state index contributed by atoms with van der Waals surface area (Å²) in [5.41, 5.74) is 2.50. The number of rotatable bonds is 8. The second-order valence-corrected chi connectivity index (χ2v) is 7.84. The van der Waals surface area contributed by atoms with Crippen LogP contribution in [-0.2, 0) is 0 Å². The summed E-state index contributed by atoms with van der Waals surface area (Å²) >= 11 is 0. The highest BCUT2D eigenvalue weighted by Gasteiger charge is 2.15. The van der Waals surface area contributed by atoms with Gasteiger partial charge in [0.1, 0.15) is 5.75 Å². The van der Waals surface area contributed by atoms with Gasteiger partial charge in [0.2, 0.25) is 0 Å². The summed E-state index contributed by atoms with van der Waals surface area (Å²) in [6.07, 6.45) is 0. The first-order valence-electron chi connectivity index (χ1n) is 10.4. The first-order chi connectivity index (χ1) is 14.9. The Balaban J connectivity index is 1.69. The molecule has 31 heavy (non-hydrogen) atoms. The smallest absolute Gasteiger partial charge is 0.259 e. The largest absolute Gasteiger partial charge is 0.492 e. The molecule has 0 spiro atoms. The number of hydrogen-bond acceptors (Lipinski definition) is 3. The molecule has 0 aliphatic heterocycles. The van der Waals surface area contributed by atoms with E-state index in [1.54, 1.807) is 42.5 Å². The lowest BCUT2D eigenvalue weighted by atomic mass is 10.1. The van der Waals surface area contributed by atoms with E-state index in [1.165, 1.54) is 0 Å². The highest BCUT2D eigenvalue weighted by atomic mass is 16.5. The molecule has 0 saturated heterocycles. The molecule has 160 valence electrons. The topological polar surface area (TPSA) is 67.4 Å². The maximum absolute atomic E-state index is 12.8. The molecule has 0 aliphatic carbocycles. The van der Waals surface area contributed by atoms with E-state index in [1.807, 2.05) is 43.3 Å². The third-order valence-corrected chi connectivity index (χ3v) is 4.73. The molecule has 2 N–H and O–H groups in total. The van der Waals surface area contributed by atoms with Crippen LogP contribution < -0.4 is 15.4 Å². The number of para-hydroxylation sites is 1. The highest BCUT2D eigenvalue weighted by molar-refractivity contribution is 6.06. The minimum Gasteiger partial charge on any atom is -0.492 e. The van der Waals surface area contributed by atoms with Crippen molar-refractivity contribution in [2.24, 2.45) is 5.92 Å². The monoisotopic (exact) mass is 416 g/mol. The summed E-state index contributed by atoms with van der Waals surface area (Å²) in [6, 6.07) is 23.7.